The van der Waals surface area contributed by atoms with Crippen LogP contribution in [0.3, 0.4) is 0 Å². The molecule has 88 valence electrons. The summed E-state index contributed by atoms with van der Waals surface area (Å²) in [6.45, 7) is 0. The van der Waals surface area contributed by atoms with Gasteiger partial charge in [-0.25, -0.2) is 0 Å². The molecule has 1 aromatic carbocycles. The van der Waals surface area contributed by atoms with Crippen LogP contribution in [-0.4, -0.2) is 28.6 Å². The minimum Gasteiger partial charge on any atom is -0.480 e. The molecule has 2 atom stereocenters. The molecule has 1 aromatic rings. The molecule has 0 aromatic heterocycles. The molecular weight excluding hydrogens is 236 g/mol. The van der Waals surface area contributed by atoms with Crippen molar-refractivity contribution in [3.63, 3.8) is 0 Å². The molecule has 0 bridgehead atoms. The van der Waals surface area contributed by atoms with Crippen molar-refractivity contribution in [3.8, 4) is 6.07 Å². The minimum atomic E-state index is -0.809. The van der Waals surface area contributed by atoms with E-state index in [1.807, 2.05) is 12.1 Å². The molecule has 2 unspecified atom stereocenters. The number of rotatable bonds is 2. The van der Waals surface area contributed by atoms with Gasteiger partial charge in [-0.05, 0) is 17.7 Å². The molecule has 0 spiro atoms. The van der Waals surface area contributed by atoms with Crippen LogP contribution in [0.2, 0.25) is 0 Å². The van der Waals surface area contributed by atoms with Crippen LogP contribution < -0.4 is 5.32 Å². The van der Waals surface area contributed by atoms with Crippen LogP contribution in [0.5, 0.6) is 0 Å². The summed E-state index contributed by atoms with van der Waals surface area (Å²) < 4.78 is 0. The van der Waals surface area contributed by atoms with E-state index < -0.39 is 12.0 Å². The quantitative estimate of drug-likeness (QED) is 0.827. The molecule has 2 N–H and O–H groups in total. The number of nitriles is 1. The van der Waals surface area contributed by atoms with Gasteiger partial charge in [0.15, 0.2) is 0 Å². The molecule has 1 aliphatic rings. The van der Waals surface area contributed by atoms with Crippen molar-refractivity contribution in [2.75, 3.05) is 11.5 Å². The number of nitrogens with one attached hydrogen (secondary N) is 1. The third kappa shape index (κ3) is 2.78. The van der Waals surface area contributed by atoms with Crippen LogP contribution in [0.4, 0.5) is 0 Å². The molecular formula is C12H12N2O2S. The largest absolute Gasteiger partial charge is 0.480 e. The van der Waals surface area contributed by atoms with E-state index in [1.54, 1.807) is 23.9 Å². The van der Waals surface area contributed by atoms with Crippen LogP contribution in [0.25, 0.3) is 0 Å². The maximum Gasteiger partial charge on any atom is 0.321 e. The SMILES string of the molecule is N#Cc1ccc(C2CSCC(C(=O)O)N2)cc1. The first-order valence-corrected chi connectivity index (χ1v) is 6.43. The Labute approximate surface area is 104 Å². The highest BCUT2D eigenvalue weighted by Gasteiger charge is 2.27. The van der Waals surface area contributed by atoms with Crippen LogP contribution in [0, 0.1) is 11.3 Å². The fraction of sp³-hybridized carbons (Fsp3) is 0.333. The molecule has 5 heteroatoms. The number of aliphatic carboxylic acids is 1. The molecule has 1 aliphatic heterocycles. The van der Waals surface area contributed by atoms with E-state index in [0.29, 0.717) is 11.3 Å². The van der Waals surface area contributed by atoms with Crippen molar-refractivity contribution in [1.82, 2.24) is 5.32 Å². The van der Waals surface area contributed by atoms with Crippen molar-refractivity contribution in [1.29, 1.82) is 5.26 Å². The van der Waals surface area contributed by atoms with E-state index in [1.165, 1.54) is 0 Å². The molecule has 0 radical (unpaired) electrons. The maximum absolute atomic E-state index is 10.9. The second-order valence-corrected chi connectivity index (χ2v) is 4.96. The zero-order chi connectivity index (χ0) is 12.3. The first kappa shape index (κ1) is 12.0. The second-order valence-electron chi connectivity index (χ2n) is 3.88. The first-order valence-electron chi connectivity index (χ1n) is 5.27. The van der Waals surface area contributed by atoms with Crippen molar-refractivity contribution in [2.45, 2.75) is 12.1 Å². The molecule has 1 fully saturated rings. The summed E-state index contributed by atoms with van der Waals surface area (Å²) in [5.41, 5.74) is 1.65. The van der Waals surface area contributed by atoms with Crippen molar-refractivity contribution in [3.05, 3.63) is 35.4 Å². The Balaban J connectivity index is 2.11. The summed E-state index contributed by atoms with van der Waals surface area (Å²) in [6.07, 6.45) is 0. The normalized spacial score (nSPS) is 23.9. The van der Waals surface area contributed by atoms with E-state index in [4.69, 9.17) is 10.4 Å². The average molecular weight is 248 g/mol. The Kier molecular flexibility index (Phi) is 3.67. The predicted molar refractivity (Wildman–Crippen MR) is 65.8 cm³/mol. The molecule has 1 saturated heterocycles. The molecule has 0 aliphatic carbocycles. The highest BCUT2D eigenvalue weighted by molar-refractivity contribution is 7.99. The summed E-state index contributed by atoms with van der Waals surface area (Å²) in [7, 11) is 0. The summed E-state index contributed by atoms with van der Waals surface area (Å²) in [5.74, 6) is 0.647. The number of nitrogens with zero attached hydrogens (tertiary/aromatic N) is 1. The molecule has 0 amide bonds. The van der Waals surface area contributed by atoms with Gasteiger partial charge in [-0.2, -0.15) is 17.0 Å². The van der Waals surface area contributed by atoms with E-state index in [0.717, 1.165) is 11.3 Å². The number of carboxylic acid groups (broad SMARTS) is 1. The zero-order valence-electron chi connectivity index (χ0n) is 9.09. The topological polar surface area (TPSA) is 73.1 Å². The molecule has 17 heavy (non-hydrogen) atoms. The number of carbonyl (C=O) groups is 1. The van der Waals surface area contributed by atoms with Gasteiger partial charge in [-0.15, -0.1) is 0 Å². The van der Waals surface area contributed by atoms with Gasteiger partial charge in [0.05, 0.1) is 11.6 Å². The van der Waals surface area contributed by atoms with Crippen LogP contribution in [0.15, 0.2) is 24.3 Å². The van der Waals surface area contributed by atoms with Gasteiger partial charge in [0.1, 0.15) is 6.04 Å². The lowest BCUT2D eigenvalue weighted by molar-refractivity contribution is -0.139. The monoisotopic (exact) mass is 248 g/mol. The second kappa shape index (κ2) is 5.21. The smallest absolute Gasteiger partial charge is 0.321 e. The Morgan fingerprint density at radius 1 is 1.41 bits per heavy atom. The standard InChI is InChI=1S/C12H12N2O2S/c13-5-8-1-3-9(4-2-8)10-6-17-7-11(14-10)12(15)16/h1-4,10-11,14H,6-7H2,(H,15,16). The summed E-state index contributed by atoms with van der Waals surface area (Å²) in [4.78, 5) is 10.9. The van der Waals surface area contributed by atoms with Gasteiger partial charge in [0.2, 0.25) is 0 Å². The number of thioether (sulfide) groups is 1. The van der Waals surface area contributed by atoms with Gasteiger partial charge in [-0.1, -0.05) is 12.1 Å². The third-order valence-electron chi connectivity index (χ3n) is 2.71. The summed E-state index contributed by atoms with van der Waals surface area (Å²) in [5, 5.41) is 20.8. The lowest BCUT2D eigenvalue weighted by Gasteiger charge is -2.28. The van der Waals surface area contributed by atoms with E-state index >= 15 is 0 Å². The maximum atomic E-state index is 10.9. The van der Waals surface area contributed by atoms with E-state index in [-0.39, 0.29) is 6.04 Å². The fourth-order valence-electron chi connectivity index (χ4n) is 1.77. The predicted octanol–water partition coefficient (Wildman–Crippen LogP) is 1.39. The Bertz CT molecular complexity index is 453. The molecule has 2 rings (SSSR count). The van der Waals surface area contributed by atoms with E-state index in [9.17, 15) is 4.79 Å². The van der Waals surface area contributed by atoms with Gasteiger partial charge in [-0.3, -0.25) is 10.1 Å². The summed E-state index contributed by atoms with van der Waals surface area (Å²) >= 11 is 1.64. The lowest BCUT2D eigenvalue weighted by Crippen LogP contribution is -2.45. The number of hydrogen-bond acceptors (Lipinski definition) is 4. The van der Waals surface area contributed by atoms with Crippen molar-refractivity contribution in [2.24, 2.45) is 0 Å². The fourth-order valence-corrected chi connectivity index (χ4v) is 2.90. The lowest BCUT2D eigenvalue weighted by atomic mass is 10.1. The number of carboxylic acids is 1. The molecule has 0 saturated carbocycles. The number of benzene rings is 1. The van der Waals surface area contributed by atoms with Crippen molar-refractivity contribution >= 4 is 17.7 Å². The van der Waals surface area contributed by atoms with Crippen LogP contribution >= 0.6 is 11.8 Å². The molecule has 1 heterocycles. The van der Waals surface area contributed by atoms with Gasteiger partial charge in [0.25, 0.3) is 0 Å². The highest BCUT2D eigenvalue weighted by Crippen LogP contribution is 2.24. The van der Waals surface area contributed by atoms with Gasteiger partial charge in [0, 0.05) is 17.5 Å². The van der Waals surface area contributed by atoms with Crippen LogP contribution in [-0.2, 0) is 4.79 Å². The Morgan fingerprint density at radius 2 is 2.12 bits per heavy atom. The Morgan fingerprint density at radius 3 is 2.71 bits per heavy atom. The summed E-state index contributed by atoms with van der Waals surface area (Å²) in [6, 6.07) is 8.88. The first-order chi connectivity index (χ1) is 8.20. The van der Waals surface area contributed by atoms with Crippen molar-refractivity contribution < 1.29 is 9.90 Å². The highest BCUT2D eigenvalue weighted by atomic mass is 32.2. The van der Waals surface area contributed by atoms with Crippen LogP contribution in [0.1, 0.15) is 17.2 Å². The third-order valence-corrected chi connectivity index (χ3v) is 3.85. The zero-order valence-corrected chi connectivity index (χ0v) is 9.91. The Hall–Kier alpha value is -1.51. The van der Waals surface area contributed by atoms with Gasteiger partial charge >= 0.3 is 5.97 Å². The van der Waals surface area contributed by atoms with Gasteiger partial charge < -0.3 is 5.11 Å². The average Bonchev–Trinajstić information content (AvgIpc) is 2.39. The molecule has 4 nitrogen and oxygen atoms in total. The van der Waals surface area contributed by atoms with E-state index in [2.05, 4.69) is 11.4 Å². The number of hydrogen-bond donors (Lipinski definition) is 2. The minimum absolute atomic E-state index is 0.0441.